The van der Waals surface area contributed by atoms with Crippen LogP contribution in [0.25, 0.3) is 10.2 Å². The Bertz CT molecular complexity index is 839. The molecule has 0 unspecified atom stereocenters. The summed E-state index contributed by atoms with van der Waals surface area (Å²) in [5.41, 5.74) is -1.06. The summed E-state index contributed by atoms with van der Waals surface area (Å²) in [5, 5.41) is 3.10. The minimum absolute atomic E-state index is 0.000118. The van der Waals surface area contributed by atoms with Gasteiger partial charge in [-0.05, 0) is 26.0 Å². The summed E-state index contributed by atoms with van der Waals surface area (Å²) in [4.78, 5) is 15.2. The molecule has 0 spiro atoms. The Balaban J connectivity index is 1.50. The van der Waals surface area contributed by atoms with Crippen LogP contribution in [-0.4, -0.2) is 48.5 Å². The number of carbonyl (C=O) groups is 1. The van der Waals surface area contributed by atoms with Crippen LogP contribution in [0, 0.1) is 5.82 Å². The summed E-state index contributed by atoms with van der Waals surface area (Å²) in [6, 6.07) is 2.96. The molecule has 0 aliphatic heterocycles. The van der Waals surface area contributed by atoms with Crippen molar-refractivity contribution in [3.05, 3.63) is 17.9 Å². The molecule has 9 heteroatoms. The molecule has 0 bridgehead atoms. The summed E-state index contributed by atoms with van der Waals surface area (Å²) in [6.07, 6.45) is 0.129. The van der Waals surface area contributed by atoms with Crippen molar-refractivity contribution >= 4 is 27.5 Å². The molecule has 1 aromatic heterocycles. The molecule has 0 radical (unpaired) electrons. The van der Waals surface area contributed by atoms with Crippen LogP contribution in [0.15, 0.2) is 12.1 Å². The highest BCUT2D eigenvalue weighted by Crippen LogP contribution is 2.40. The first kappa shape index (κ1) is 20.7. The van der Waals surface area contributed by atoms with Gasteiger partial charge >= 0.3 is 0 Å². The predicted octanol–water partition coefficient (Wildman–Crippen LogP) is 3.62. The van der Waals surface area contributed by atoms with Crippen LogP contribution in [0.3, 0.4) is 0 Å². The molecule has 1 amide bonds. The third kappa shape index (κ3) is 4.88. The lowest BCUT2D eigenvalue weighted by atomic mass is 9.79. The number of benzene rings is 1. The zero-order valence-corrected chi connectivity index (χ0v) is 16.9. The molecular formula is C19H24F2N2O4S. The van der Waals surface area contributed by atoms with Crippen molar-refractivity contribution < 1.29 is 27.8 Å². The maximum absolute atomic E-state index is 14.7. The highest BCUT2D eigenvalue weighted by molar-refractivity contribution is 7.20. The Morgan fingerprint density at radius 3 is 2.86 bits per heavy atom. The molecule has 0 saturated heterocycles. The van der Waals surface area contributed by atoms with Crippen molar-refractivity contribution in [2.24, 2.45) is 0 Å². The molecule has 28 heavy (non-hydrogen) atoms. The normalized spacial score (nSPS) is 22.5. The minimum atomic E-state index is -1.55. The van der Waals surface area contributed by atoms with Crippen molar-refractivity contribution in [2.45, 2.75) is 51.4 Å². The number of halogens is 2. The fourth-order valence-corrected chi connectivity index (χ4v) is 3.99. The van der Waals surface area contributed by atoms with Gasteiger partial charge < -0.3 is 19.5 Å². The van der Waals surface area contributed by atoms with Gasteiger partial charge in [0.05, 0.1) is 29.5 Å². The average molecular weight is 414 g/mol. The number of fused-ring (bicyclic) bond motifs is 1. The molecular weight excluding hydrogens is 390 g/mol. The van der Waals surface area contributed by atoms with Gasteiger partial charge in [0.1, 0.15) is 12.3 Å². The Morgan fingerprint density at radius 1 is 1.43 bits per heavy atom. The maximum Gasteiger partial charge on any atom is 0.274 e. The SMILES string of the molecule is CCOc1nc2ccc(OCC3(F)CC(OC[C@H](C)NC(C)=O)C3)c(F)c2s1. The van der Waals surface area contributed by atoms with E-state index in [1.165, 1.54) is 13.0 Å². The number of nitrogens with one attached hydrogen (secondary N) is 1. The lowest BCUT2D eigenvalue weighted by Gasteiger charge is -2.41. The van der Waals surface area contributed by atoms with Crippen molar-refractivity contribution in [2.75, 3.05) is 19.8 Å². The lowest BCUT2D eigenvalue weighted by Crippen LogP contribution is -2.50. The number of alkyl halides is 1. The van der Waals surface area contributed by atoms with Crippen molar-refractivity contribution in [3.8, 4) is 10.9 Å². The van der Waals surface area contributed by atoms with E-state index in [1.807, 2.05) is 13.8 Å². The number of nitrogens with zero attached hydrogens (tertiary/aromatic N) is 1. The third-order valence-electron chi connectivity index (χ3n) is 4.41. The van der Waals surface area contributed by atoms with Crippen molar-refractivity contribution in [1.82, 2.24) is 10.3 Å². The molecule has 2 aromatic rings. The number of thiazole rings is 1. The van der Waals surface area contributed by atoms with Crippen molar-refractivity contribution in [3.63, 3.8) is 0 Å². The first-order valence-corrected chi connectivity index (χ1v) is 10.0. The molecule has 1 aliphatic rings. The number of rotatable bonds is 9. The van der Waals surface area contributed by atoms with E-state index >= 15 is 0 Å². The van der Waals surface area contributed by atoms with Gasteiger partial charge in [-0.3, -0.25) is 4.79 Å². The van der Waals surface area contributed by atoms with E-state index in [2.05, 4.69) is 10.3 Å². The summed E-state index contributed by atoms with van der Waals surface area (Å²) in [5.74, 6) is -0.688. The van der Waals surface area contributed by atoms with E-state index < -0.39 is 11.5 Å². The zero-order valence-electron chi connectivity index (χ0n) is 16.1. The monoisotopic (exact) mass is 414 g/mol. The van der Waals surface area contributed by atoms with E-state index in [1.54, 1.807) is 6.07 Å². The first-order chi connectivity index (χ1) is 13.3. The molecule has 1 N–H and O–H groups in total. The molecule has 1 aromatic carbocycles. The highest BCUT2D eigenvalue weighted by Gasteiger charge is 2.46. The molecule has 1 fully saturated rings. The van der Waals surface area contributed by atoms with Gasteiger partial charge in [-0.15, -0.1) is 0 Å². The Labute approximate surface area is 166 Å². The number of amides is 1. The van der Waals surface area contributed by atoms with Gasteiger partial charge in [0.15, 0.2) is 11.6 Å². The quantitative estimate of drug-likeness (QED) is 0.679. The number of hydrogen-bond donors (Lipinski definition) is 1. The molecule has 1 heterocycles. The van der Waals surface area contributed by atoms with Crippen LogP contribution in [0.2, 0.25) is 0 Å². The third-order valence-corrected chi connectivity index (χ3v) is 5.39. The number of carbonyl (C=O) groups excluding carboxylic acids is 1. The average Bonchev–Trinajstić information content (AvgIpc) is 3.01. The number of hydrogen-bond acceptors (Lipinski definition) is 6. The topological polar surface area (TPSA) is 69.7 Å². The molecule has 3 rings (SSSR count). The fourth-order valence-electron chi connectivity index (χ4n) is 3.09. The largest absolute Gasteiger partial charge is 0.487 e. The maximum atomic E-state index is 14.7. The summed E-state index contributed by atoms with van der Waals surface area (Å²) in [7, 11) is 0. The van der Waals surface area contributed by atoms with E-state index in [0.717, 1.165) is 11.3 Å². The van der Waals surface area contributed by atoms with E-state index in [0.29, 0.717) is 28.6 Å². The van der Waals surface area contributed by atoms with Gasteiger partial charge in [-0.2, -0.15) is 0 Å². The van der Waals surface area contributed by atoms with Crippen LogP contribution in [-0.2, 0) is 9.53 Å². The highest BCUT2D eigenvalue weighted by atomic mass is 32.1. The molecule has 1 atom stereocenters. The molecule has 1 saturated carbocycles. The number of aromatic nitrogens is 1. The molecule has 154 valence electrons. The van der Waals surface area contributed by atoms with Crippen LogP contribution >= 0.6 is 11.3 Å². The van der Waals surface area contributed by atoms with Gasteiger partial charge in [-0.25, -0.2) is 13.8 Å². The summed E-state index contributed by atoms with van der Waals surface area (Å²) in [6.45, 7) is 5.61. The Hall–Kier alpha value is -2.00. The van der Waals surface area contributed by atoms with E-state index in [-0.39, 0.29) is 43.3 Å². The Morgan fingerprint density at radius 2 is 2.18 bits per heavy atom. The van der Waals surface area contributed by atoms with Gasteiger partial charge in [0.2, 0.25) is 5.91 Å². The van der Waals surface area contributed by atoms with E-state index in [9.17, 15) is 13.6 Å². The van der Waals surface area contributed by atoms with E-state index in [4.69, 9.17) is 14.2 Å². The van der Waals surface area contributed by atoms with Crippen LogP contribution < -0.4 is 14.8 Å². The summed E-state index contributed by atoms with van der Waals surface area (Å²) >= 11 is 1.10. The number of ether oxygens (including phenoxy) is 3. The van der Waals surface area contributed by atoms with Gasteiger partial charge in [0.25, 0.3) is 5.19 Å². The lowest BCUT2D eigenvalue weighted by molar-refractivity contribution is -0.125. The molecule has 6 nitrogen and oxygen atoms in total. The van der Waals surface area contributed by atoms with Gasteiger partial charge in [-0.1, -0.05) is 11.3 Å². The smallest absolute Gasteiger partial charge is 0.274 e. The molecule has 1 aliphatic carbocycles. The fraction of sp³-hybridized carbons (Fsp3) is 0.579. The second kappa shape index (κ2) is 8.57. The second-order valence-electron chi connectivity index (χ2n) is 7.04. The predicted molar refractivity (Wildman–Crippen MR) is 102 cm³/mol. The Kier molecular flexibility index (Phi) is 6.34. The standard InChI is InChI=1S/C19H24F2N2O4S/c1-4-25-18-23-14-5-6-15(16(20)17(14)28-18)27-10-19(21)7-13(8-19)26-9-11(2)22-12(3)24/h5-6,11,13H,4,7-10H2,1-3H3,(H,22,24)/t11-,13?,19?/m0/s1. The van der Waals surface area contributed by atoms with Crippen molar-refractivity contribution in [1.29, 1.82) is 0 Å². The van der Waals surface area contributed by atoms with Crippen LogP contribution in [0.5, 0.6) is 10.9 Å². The second-order valence-corrected chi connectivity index (χ2v) is 8.01. The van der Waals surface area contributed by atoms with Crippen LogP contribution in [0.4, 0.5) is 8.78 Å². The first-order valence-electron chi connectivity index (χ1n) is 9.22. The minimum Gasteiger partial charge on any atom is -0.487 e. The zero-order chi connectivity index (χ0) is 20.3. The van der Waals surface area contributed by atoms with Crippen LogP contribution in [0.1, 0.15) is 33.6 Å². The van der Waals surface area contributed by atoms with Gasteiger partial charge in [0, 0.05) is 25.8 Å². The summed E-state index contributed by atoms with van der Waals surface area (Å²) < 4.78 is 46.0.